The Morgan fingerprint density at radius 2 is 2.08 bits per heavy atom. The smallest absolute Gasteiger partial charge is 0.154 e. The van der Waals surface area contributed by atoms with Crippen LogP contribution >= 0.6 is 0 Å². The standard InChI is InChI=1S/C9H16O2.CH2O/c1-2-9(10)11-8-5-6-3-7(8)4-6;1-2/h6-10H,2-5H2,1H3;1H2. The molecule has 0 amide bonds. The van der Waals surface area contributed by atoms with Crippen LogP contribution in [0.5, 0.6) is 0 Å². The van der Waals surface area contributed by atoms with Crippen molar-refractivity contribution in [3.63, 3.8) is 0 Å². The van der Waals surface area contributed by atoms with Gasteiger partial charge in [0.15, 0.2) is 6.29 Å². The summed E-state index contributed by atoms with van der Waals surface area (Å²) < 4.78 is 5.47. The molecule has 0 spiro atoms. The van der Waals surface area contributed by atoms with Crippen molar-refractivity contribution in [2.45, 2.75) is 45.0 Å². The molecule has 13 heavy (non-hydrogen) atoms. The lowest BCUT2D eigenvalue weighted by Crippen LogP contribution is -2.24. The monoisotopic (exact) mass is 186 g/mol. The molecule has 0 aromatic heterocycles. The molecule has 3 nitrogen and oxygen atoms in total. The lowest BCUT2D eigenvalue weighted by Gasteiger charge is -2.25. The van der Waals surface area contributed by atoms with Crippen LogP contribution in [0, 0.1) is 11.8 Å². The molecular formula is C10H18O3. The zero-order valence-corrected chi connectivity index (χ0v) is 8.11. The second-order valence-electron chi connectivity index (χ2n) is 3.87. The van der Waals surface area contributed by atoms with E-state index in [1.165, 1.54) is 19.3 Å². The maximum Gasteiger partial charge on any atom is 0.154 e. The first-order valence-corrected chi connectivity index (χ1v) is 4.92. The second-order valence-corrected chi connectivity index (χ2v) is 3.87. The number of carbonyl (C=O) groups is 1. The van der Waals surface area contributed by atoms with Crippen molar-refractivity contribution in [2.24, 2.45) is 11.8 Å². The average molecular weight is 186 g/mol. The van der Waals surface area contributed by atoms with Crippen LogP contribution < -0.4 is 0 Å². The van der Waals surface area contributed by atoms with Crippen LogP contribution in [-0.4, -0.2) is 24.3 Å². The molecule has 0 radical (unpaired) electrons. The van der Waals surface area contributed by atoms with Crippen LogP contribution in [0.2, 0.25) is 0 Å². The first-order chi connectivity index (χ1) is 6.29. The van der Waals surface area contributed by atoms with E-state index in [0.717, 1.165) is 11.8 Å². The Morgan fingerprint density at radius 3 is 2.46 bits per heavy atom. The molecule has 2 bridgehead atoms. The van der Waals surface area contributed by atoms with Gasteiger partial charge >= 0.3 is 0 Å². The predicted molar refractivity (Wildman–Crippen MR) is 49.1 cm³/mol. The normalized spacial score (nSPS) is 37.2. The molecule has 0 heterocycles. The molecule has 3 saturated carbocycles. The van der Waals surface area contributed by atoms with E-state index in [-0.39, 0.29) is 0 Å². The molecule has 2 unspecified atom stereocenters. The summed E-state index contributed by atoms with van der Waals surface area (Å²) in [6.45, 7) is 3.95. The minimum Gasteiger partial charge on any atom is -0.368 e. The Balaban J connectivity index is 0.000000396. The van der Waals surface area contributed by atoms with E-state index in [1.54, 1.807) is 0 Å². The number of ether oxygens (including phenoxy) is 1. The van der Waals surface area contributed by atoms with Crippen LogP contribution in [0.25, 0.3) is 0 Å². The van der Waals surface area contributed by atoms with Gasteiger partial charge in [-0.3, -0.25) is 0 Å². The Kier molecular flexibility index (Phi) is 3.88. The molecule has 0 saturated heterocycles. The Morgan fingerprint density at radius 1 is 1.46 bits per heavy atom. The molecule has 1 N–H and O–H groups in total. The van der Waals surface area contributed by atoms with E-state index < -0.39 is 6.29 Å². The molecule has 0 aromatic rings. The first kappa shape index (κ1) is 10.7. The van der Waals surface area contributed by atoms with Crippen LogP contribution in [0.15, 0.2) is 0 Å². The highest BCUT2D eigenvalue weighted by Crippen LogP contribution is 2.50. The summed E-state index contributed by atoms with van der Waals surface area (Å²) in [7, 11) is 0. The number of hydrogen-bond acceptors (Lipinski definition) is 3. The second kappa shape index (κ2) is 4.72. The summed E-state index contributed by atoms with van der Waals surface area (Å²) >= 11 is 0. The zero-order valence-electron chi connectivity index (χ0n) is 8.11. The van der Waals surface area contributed by atoms with Crippen molar-refractivity contribution in [3.8, 4) is 0 Å². The Bertz CT molecular complexity index is 154. The first-order valence-electron chi connectivity index (χ1n) is 4.92. The van der Waals surface area contributed by atoms with Crippen molar-refractivity contribution >= 4 is 6.79 Å². The van der Waals surface area contributed by atoms with Crippen LogP contribution in [-0.2, 0) is 9.53 Å². The highest BCUT2D eigenvalue weighted by molar-refractivity contribution is 5.11. The fourth-order valence-corrected chi connectivity index (χ4v) is 2.27. The fraction of sp³-hybridized carbons (Fsp3) is 0.900. The number of hydrogen-bond donors (Lipinski definition) is 1. The van der Waals surface area contributed by atoms with Crippen LogP contribution in [0.4, 0.5) is 0 Å². The molecule has 0 aliphatic heterocycles. The quantitative estimate of drug-likeness (QED) is 0.677. The molecule has 0 aromatic carbocycles. The van der Waals surface area contributed by atoms with Crippen molar-refractivity contribution < 1.29 is 14.6 Å². The van der Waals surface area contributed by atoms with Gasteiger partial charge in [0, 0.05) is 0 Å². The van der Waals surface area contributed by atoms with Gasteiger partial charge in [0.05, 0.1) is 6.10 Å². The maximum atomic E-state index is 9.23. The summed E-state index contributed by atoms with van der Waals surface area (Å²) in [6, 6.07) is 0. The lowest BCUT2D eigenvalue weighted by molar-refractivity contribution is -0.142. The Hall–Kier alpha value is -0.410. The largest absolute Gasteiger partial charge is 0.368 e. The van der Waals surface area contributed by atoms with Crippen LogP contribution in [0.1, 0.15) is 32.6 Å². The van der Waals surface area contributed by atoms with Gasteiger partial charge in [0.2, 0.25) is 0 Å². The number of carbonyl (C=O) groups excluding carboxylic acids is 1. The minimum absolute atomic E-state index is 0.384. The van der Waals surface area contributed by atoms with Gasteiger partial charge in [-0.25, -0.2) is 0 Å². The highest BCUT2D eigenvalue weighted by Gasteiger charge is 2.45. The SMILES string of the molecule is C=O.CCC(O)OC1CC2CC1C2. The third kappa shape index (κ3) is 2.29. The third-order valence-corrected chi connectivity index (χ3v) is 3.04. The summed E-state index contributed by atoms with van der Waals surface area (Å²) in [5, 5.41) is 9.23. The van der Waals surface area contributed by atoms with E-state index in [2.05, 4.69) is 0 Å². The third-order valence-electron chi connectivity index (χ3n) is 3.04. The molecule has 3 aliphatic carbocycles. The van der Waals surface area contributed by atoms with E-state index in [9.17, 15) is 5.11 Å². The van der Waals surface area contributed by atoms with Gasteiger partial charge in [0.1, 0.15) is 6.79 Å². The molecule has 2 atom stereocenters. The number of aliphatic hydroxyl groups excluding tert-OH is 1. The van der Waals surface area contributed by atoms with Gasteiger partial charge < -0.3 is 14.6 Å². The minimum atomic E-state index is -0.514. The summed E-state index contributed by atoms with van der Waals surface area (Å²) in [5.74, 6) is 1.70. The summed E-state index contributed by atoms with van der Waals surface area (Å²) in [5.41, 5.74) is 0. The molecule has 3 heteroatoms. The van der Waals surface area contributed by atoms with Gasteiger partial charge in [-0.15, -0.1) is 0 Å². The Labute approximate surface area is 79.1 Å². The topological polar surface area (TPSA) is 46.5 Å². The number of rotatable bonds is 3. The van der Waals surface area contributed by atoms with Crippen molar-refractivity contribution in [1.29, 1.82) is 0 Å². The molecule has 3 aliphatic rings. The van der Waals surface area contributed by atoms with Crippen LogP contribution in [0.3, 0.4) is 0 Å². The molecular weight excluding hydrogens is 168 g/mol. The van der Waals surface area contributed by atoms with E-state index in [0.29, 0.717) is 12.5 Å². The van der Waals surface area contributed by atoms with Gasteiger partial charge in [-0.1, -0.05) is 6.92 Å². The van der Waals surface area contributed by atoms with E-state index >= 15 is 0 Å². The average Bonchev–Trinajstić information content (AvgIpc) is 2.65. The lowest BCUT2D eigenvalue weighted by atomic mass is 9.84. The maximum absolute atomic E-state index is 9.23. The predicted octanol–water partition coefficient (Wildman–Crippen LogP) is 1.34. The number of aliphatic hydroxyl groups is 1. The van der Waals surface area contributed by atoms with E-state index in [4.69, 9.17) is 9.53 Å². The van der Waals surface area contributed by atoms with Gasteiger partial charge in [-0.2, -0.15) is 0 Å². The van der Waals surface area contributed by atoms with Gasteiger partial charge in [-0.05, 0) is 37.5 Å². The van der Waals surface area contributed by atoms with Crippen molar-refractivity contribution in [3.05, 3.63) is 0 Å². The molecule has 76 valence electrons. The summed E-state index contributed by atoms with van der Waals surface area (Å²) in [6.07, 6.45) is 4.48. The van der Waals surface area contributed by atoms with Crippen molar-refractivity contribution in [1.82, 2.24) is 0 Å². The summed E-state index contributed by atoms with van der Waals surface area (Å²) in [4.78, 5) is 8.00. The number of fused-ring (bicyclic) bond motifs is 1. The fourth-order valence-electron chi connectivity index (χ4n) is 2.27. The highest BCUT2D eigenvalue weighted by atomic mass is 16.6. The zero-order chi connectivity index (χ0) is 9.84. The van der Waals surface area contributed by atoms with Gasteiger partial charge in [0.25, 0.3) is 0 Å². The van der Waals surface area contributed by atoms with E-state index in [1.807, 2.05) is 13.7 Å². The molecule has 3 fully saturated rings. The molecule has 3 rings (SSSR count). The van der Waals surface area contributed by atoms with Crippen molar-refractivity contribution in [2.75, 3.05) is 0 Å².